The highest BCUT2D eigenvalue weighted by atomic mass is 32.1. The fourth-order valence-electron chi connectivity index (χ4n) is 1.94. The van der Waals surface area contributed by atoms with Gasteiger partial charge in [-0.15, -0.1) is 11.3 Å². The minimum absolute atomic E-state index is 0.881. The SMILES string of the molecule is C1=C(CNc2ncnc3ccsc23)CCNC1. The first kappa shape index (κ1) is 10.7. The van der Waals surface area contributed by atoms with Crippen LogP contribution < -0.4 is 10.6 Å². The molecule has 0 saturated carbocycles. The van der Waals surface area contributed by atoms with Crippen molar-refractivity contribution in [1.82, 2.24) is 15.3 Å². The molecule has 0 fully saturated rings. The van der Waals surface area contributed by atoms with Crippen molar-refractivity contribution < 1.29 is 0 Å². The first-order chi connectivity index (χ1) is 8.43. The third-order valence-corrected chi connectivity index (χ3v) is 3.79. The van der Waals surface area contributed by atoms with Gasteiger partial charge in [-0.1, -0.05) is 11.6 Å². The lowest BCUT2D eigenvalue weighted by molar-refractivity contribution is 0.698. The molecular weight excluding hydrogens is 232 g/mol. The summed E-state index contributed by atoms with van der Waals surface area (Å²) in [6.07, 6.45) is 4.99. The van der Waals surface area contributed by atoms with Crippen LogP contribution in [0.1, 0.15) is 6.42 Å². The van der Waals surface area contributed by atoms with Gasteiger partial charge in [0, 0.05) is 13.1 Å². The van der Waals surface area contributed by atoms with Crippen molar-refractivity contribution in [2.75, 3.05) is 25.0 Å². The van der Waals surface area contributed by atoms with Gasteiger partial charge in [0.05, 0.1) is 10.2 Å². The molecule has 5 heteroatoms. The number of anilines is 1. The molecule has 0 amide bonds. The van der Waals surface area contributed by atoms with Crippen molar-refractivity contribution in [1.29, 1.82) is 0 Å². The Hall–Kier alpha value is -1.46. The van der Waals surface area contributed by atoms with E-state index in [-0.39, 0.29) is 0 Å². The van der Waals surface area contributed by atoms with Crippen molar-refractivity contribution in [3.63, 3.8) is 0 Å². The number of hydrogen-bond donors (Lipinski definition) is 2. The molecule has 2 aromatic rings. The lowest BCUT2D eigenvalue weighted by atomic mass is 10.1. The molecule has 1 aliphatic rings. The molecule has 3 rings (SSSR count). The van der Waals surface area contributed by atoms with Crippen LogP contribution >= 0.6 is 11.3 Å². The summed E-state index contributed by atoms with van der Waals surface area (Å²) < 4.78 is 1.14. The fraction of sp³-hybridized carbons (Fsp3) is 0.333. The molecule has 0 aromatic carbocycles. The molecule has 0 radical (unpaired) electrons. The number of thiophene rings is 1. The second-order valence-corrected chi connectivity index (χ2v) is 4.94. The van der Waals surface area contributed by atoms with Crippen LogP contribution in [0.4, 0.5) is 5.82 Å². The van der Waals surface area contributed by atoms with Gasteiger partial charge in [-0.2, -0.15) is 0 Å². The largest absolute Gasteiger partial charge is 0.365 e. The zero-order chi connectivity index (χ0) is 11.5. The predicted octanol–water partition coefficient (Wildman–Crippen LogP) is 2.02. The van der Waals surface area contributed by atoms with Gasteiger partial charge in [0.1, 0.15) is 12.1 Å². The zero-order valence-electron chi connectivity index (χ0n) is 9.44. The van der Waals surface area contributed by atoms with Gasteiger partial charge in [-0.25, -0.2) is 9.97 Å². The summed E-state index contributed by atoms with van der Waals surface area (Å²) in [6.45, 7) is 2.94. The maximum atomic E-state index is 4.31. The third kappa shape index (κ3) is 2.30. The van der Waals surface area contributed by atoms with Crippen LogP contribution in [0.2, 0.25) is 0 Å². The van der Waals surface area contributed by atoms with Crippen molar-refractivity contribution >= 4 is 27.4 Å². The lowest BCUT2D eigenvalue weighted by Crippen LogP contribution is -2.23. The molecule has 88 valence electrons. The number of nitrogens with one attached hydrogen (secondary N) is 2. The summed E-state index contributed by atoms with van der Waals surface area (Å²) in [5.74, 6) is 0.949. The predicted molar refractivity (Wildman–Crippen MR) is 71.5 cm³/mol. The van der Waals surface area contributed by atoms with E-state index in [0.717, 1.165) is 42.1 Å². The molecule has 0 unspecified atom stereocenters. The monoisotopic (exact) mass is 246 g/mol. The smallest absolute Gasteiger partial charge is 0.147 e. The Balaban J connectivity index is 1.76. The molecule has 0 saturated heterocycles. The van der Waals surface area contributed by atoms with Crippen molar-refractivity contribution in [3.05, 3.63) is 29.4 Å². The van der Waals surface area contributed by atoms with Crippen LogP contribution in [0, 0.1) is 0 Å². The molecule has 1 aliphatic heterocycles. The van der Waals surface area contributed by atoms with Gasteiger partial charge >= 0.3 is 0 Å². The molecule has 0 bridgehead atoms. The summed E-state index contributed by atoms with van der Waals surface area (Å²) in [5.41, 5.74) is 2.47. The van der Waals surface area contributed by atoms with E-state index in [0.29, 0.717) is 0 Å². The minimum Gasteiger partial charge on any atom is -0.365 e. The van der Waals surface area contributed by atoms with Gasteiger partial charge in [0.15, 0.2) is 0 Å². The number of aromatic nitrogens is 2. The van der Waals surface area contributed by atoms with E-state index in [1.807, 2.05) is 11.4 Å². The number of rotatable bonds is 3. The average molecular weight is 246 g/mol. The van der Waals surface area contributed by atoms with Crippen molar-refractivity contribution in [2.45, 2.75) is 6.42 Å². The van der Waals surface area contributed by atoms with E-state index in [9.17, 15) is 0 Å². The minimum atomic E-state index is 0.881. The Bertz CT molecular complexity index is 546. The summed E-state index contributed by atoms with van der Waals surface area (Å²) in [7, 11) is 0. The highest BCUT2D eigenvalue weighted by Gasteiger charge is 2.06. The van der Waals surface area contributed by atoms with E-state index >= 15 is 0 Å². The first-order valence-electron chi connectivity index (χ1n) is 5.74. The fourth-order valence-corrected chi connectivity index (χ4v) is 2.75. The molecule has 0 atom stereocenters. The Morgan fingerprint density at radius 1 is 1.41 bits per heavy atom. The van der Waals surface area contributed by atoms with E-state index in [1.165, 1.54) is 5.57 Å². The van der Waals surface area contributed by atoms with Crippen LogP contribution in [0.25, 0.3) is 10.2 Å². The summed E-state index contributed by atoms with van der Waals surface area (Å²) in [4.78, 5) is 8.54. The first-order valence-corrected chi connectivity index (χ1v) is 6.62. The molecule has 0 spiro atoms. The van der Waals surface area contributed by atoms with E-state index in [2.05, 4.69) is 26.7 Å². The molecular formula is C12H14N4S. The Morgan fingerprint density at radius 3 is 3.29 bits per heavy atom. The second-order valence-electron chi connectivity index (χ2n) is 4.03. The third-order valence-electron chi connectivity index (χ3n) is 2.88. The topological polar surface area (TPSA) is 49.8 Å². The maximum Gasteiger partial charge on any atom is 0.147 e. The Labute approximate surface area is 104 Å². The maximum absolute atomic E-state index is 4.31. The number of hydrogen-bond acceptors (Lipinski definition) is 5. The van der Waals surface area contributed by atoms with Gasteiger partial charge in [0.2, 0.25) is 0 Å². The van der Waals surface area contributed by atoms with Crippen LogP contribution in [-0.2, 0) is 0 Å². The summed E-state index contributed by atoms with van der Waals surface area (Å²) in [5, 5.41) is 8.77. The quantitative estimate of drug-likeness (QED) is 0.814. The highest BCUT2D eigenvalue weighted by Crippen LogP contribution is 2.24. The highest BCUT2D eigenvalue weighted by molar-refractivity contribution is 7.17. The van der Waals surface area contributed by atoms with E-state index < -0.39 is 0 Å². The van der Waals surface area contributed by atoms with Crippen LogP contribution in [-0.4, -0.2) is 29.6 Å². The van der Waals surface area contributed by atoms with Gasteiger partial charge in [-0.3, -0.25) is 0 Å². The lowest BCUT2D eigenvalue weighted by Gasteiger charge is -2.14. The van der Waals surface area contributed by atoms with Gasteiger partial charge in [-0.05, 0) is 24.4 Å². The summed E-state index contributed by atoms with van der Waals surface area (Å²) >= 11 is 1.68. The van der Waals surface area contributed by atoms with Gasteiger partial charge in [0.25, 0.3) is 0 Å². The molecule has 4 nitrogen and oxygen atoms in total. The normalized spacial score (nSPS) is 15.9. The summed E-state index contributed by atoms with van der Waals surface area (Å²) in [6, 6.07) is 2.02. The molecule has 0 aliphatic carbocycles. The van der Waals surface area contributed by atoms with Crippen molar-refractivity contribution in [3.8, 4) is 0 Å². The van der Waals surface area contributed by atoms with Crippen LogP contribution in [0.5, 0.6) is 0 Å². The van der Waals surface area contributed by atoms with Crippen LogP contribution in [0.15, 0.2) is 29.4 Å². The van der Waals surface area contributed by atoms with Gasteiger partial charge < -0.3 is 10.6 Å². The van der Waals surface area contributed by atoms with Crippen molar-refractivity contribution in [2.24, 2.45) is 0 Å². The zero-order valence-corrected chi connectivity index (χ0v) is 10.3. The van der Waals surface area contributed by atoms with Crippen LogP contribution in [0.3, 0.4) is 0 Å². The molecule has 17 heavy (non-hydrogen) atoms. The standard InChI is InChI=1S/C12H14N4S/c1-4-13-5-2-9(1)7-14-12-11-10(3-6-17-11)15-8-16-12/h1,3,6,8,13H,2,4-5,7H2,(H,14,15,16). The van der Waals surface area contributed by atoms with E-state index in [1.54, 1.807) is 17.7 Å². The molecule has 2 N–H and O–H groups in total. The second kappa shape index (κ2) is 4.81. The number of nitrogens with zero attached hydrogens (tertiary/aromatic N) is 2. The Morgan fingerprint density at radius 2 is 2.41 bits per heavy atom. The number of fused-ring (bicyclic) bond motifs is 1. The average Bonchev–Trinajstić information content (AvgIpc) is 2.86. The Kier molecular flexibility index (Phi) is 3.02. The molecule has 3 heterocycles. The van der Waals surface area contributed by atoms with E-state index in [4.69, 9.17) is 0 Å². The molecule has 2 aromatic heterocycles.